The van der Waals surface area contributed by atoms with Crippen LogP contribution in [-0.2, 0) is 0 Å². The lowest BCUT2D eigenvalue weighted by atomic mass is 10.2. The molecule has 0 saturated heterocycles. The van der Waals surface area contributed by atoms with E-state index in [1.807, 2.05) is 24.3 Å². The molecule has 0 heterocycles. The van der Waals surface area contributed by atoms with E-state index < -0.39 is 0 Å². The number of nitrogens with one attached hydrogen (secondary N) is 1. The van der Waals surface area contributed by atoms with Crippen molar-refractivity contribution in [2.75, 3.05) is 5.32 Å². The van der Waals surface area contributed by atoms with E-state index in [0.29, 0.717) is 17.0 Å². The van der Waals surface area contributed by atoms with E-state index in [1.54, 1.807) is 0 Å². The summed E-state index contributed by atoms with van der Waals surface area (Å²) < 4.78 is 0. The van der Waals surface area contributed by atoms with Crippen LogP contribution in [0.15, 0.2) is 24.3 Å². The highest BCUT2D eigenvalue weighted by molar-refractivity contribution is 5.49. The van der Waals surface area contributed by atoms with Crippen molar-refractivity contribution in [3.05, 3.63) is 29.8 Å². The Morgan fingerprint density at radius 1 is 1.36 bits per heavy atom. The van der Waals surface area contributed by atoms with Gasteiger partial charge < -0.3 is 5.32 Å². The van der Waals surface area contributed by atoms with Crippen molar-refractivity contribution in [1.82, 2.24) is 0 Å². The average molecular weight is 186 g/mol. The van der Waals surface area contributed by atoms with Crippen molar-refractivity contribution in [2.45, 2.75) is 26.3 Å². The van der Waals surface area contributed by atoms with Crippen LogP contribution in [0.5, 0.6) is 0 Å². The molecule has 1 aliphatic carbocycles. The van der Waals surface area contributed by atoms with Crippen LogP contribution in [0.3, 0.4) is 0 Å². The third-order valence-corrected chi connectivity index (χ3v) is 2.87. The summed E-state index contributed by atoms with van der Waals surface area (Å²) in [4.78, 5) is 0. The van der Waals surface area contributed by atoms with Crippen LogP contribution in [0.25, 0.3) is 0 Å². The van der Waals surface area contributed by atoms with Crippen LogP contribution in [-0.4, -0.2) is 6.04 Å². The molecule has 2 nitrogen and oxygen atoms in total. The largest absolute Gasteiger partial charge is 0.382 e. The molecular formula is C12H14N2. The van der Waals surface area contributed by atoms with E-state index in [4.69, 9.17) is 5.26 Å². The van der Waals surface area contributed by atoms with Crippen LogP contribution >= 0.6 is 0 Å². The zero-order chi connectivity index (χ0) is 10.2. The molecule has 1 saturated carbocycles. The molecule has 1 aliphatic rings. The van der Waals surface area contributed by atoms with Gasteiger partial charge >= 0.3 is 0 Å². The van der Waals surface area contributed by atoms with E-state index in [2.05, 4.69) is 25.2 Å². The Bertz CT molecular complexity index is 370. The first-order chi connectivity index (χ1) is 6.62. The molecule has 0 spiro atoms. The molecule has 2 heteroatoms. The van der Waals surface area contributed by atoms with Crippen LogP contribution < -0.4 is 5.32 Å². The molecule has 1 atom stereocenters. The second-order valence-electron chi connectivity index (χ2n) is 4.58. The monoisotopic (exact) mass is 186 g/mol. The van der Waals surface area contributed by atoms with Gasteiger partial charge in [-0.25, -0.2) is 0 Å². The summed E-state index contributed by atoms with van der Waals surface area (Å²) >= 11 is 0. The average Bonchev–Trinajstić information content (AvgIpc) is 2.75. The standard InChI is InChI=1S/C12H14N2/c1-12(2)7-11(12)14-10-5-3-9(8-13)4-6-10/h3-6,11,14H,7H2,1-2H3. The summed E-state index contributed by atoms with van der Waals surface area (Å²) in [5.74, 6) is 0. The molecular weight excluding hydrogens is 172 g/mol. The minimum Gasteiger partial charge on any atom is -0.382 e. The number of hydrogen-bond donors (Lipinski definition) is 1. The minimum absolute atomic E-state index is 0.438. The second-order valence-corrected chi connectivity index (χ2v) is 4.58. The molecule has 1 unspecified atom stereocenters. The zero-order valence-electron chi connectivity index (χ0n) is 8.54. The summed E-state index contributed by atoms with van der Waals surface area (Å²) in [5.41, 5.74) is 2.26. The Morgan fingerprint density at radius 2 is 1.93 bits per heavy atom. The second kappa shape index (κ2) is 3.02. The van der Waals surface area contributed by atoms with Gasteiger partial charge in [-0.3, -0.25) is 0 Å². The number of nitrogens with zero attached hydrogens (tertiary/aromatic N) is 1. The quantitative estimate of drug-likeness (QED) is 0.770. The predicted octanol–water partition coefficient (Wildman–Crippen LogP) is 2.77. The number of rotatable bonds is 2. The molecule has 1 aromatic rings. The summed E-state index contributed by atoms with van der Waals surface area (Å²) in [7, 11) is 0. The molecule has 1 aromatic carbocycles. The number of hydrogen-bond acceptors (Lipinski definition) is 2. The van der Waals surface area contributed by atoms with E-state index in [0.717, 1.165) is 5.69 Å². The molecule has 0 amide bonds. The van der Waals surface area contributed by atoms with E-state index in [9.17, 15) is 0 Å². The fourth-order valence-corrected chi connectivity index (χ4v) is 1.56. The van der Waals surface area contributed by atoms with Gasteiger partial charge in [-0.15, -0.1) is 0 Å². The highest BCUT2D eigenvalue weighted by atomic mass is 15.0. The third-order valence-electron chi connectivity index (χ3n) is 2.87. The van der Waals surface area contributed by atoms with Crippen LogP contribution in [0, 0.1) is 16.7 Å². The summed E-state index contributed by atoms with van der Waals surface area (Å²) in [6.45, 7) is 4.52. The Labute approximate surface area is 84.6 Å². The van der Waals surface area contributed by atoms with Crippen molar-refractivity contribution in [2.24, 2.45) is 5.41 Å². The molecule has 1 fully saturated rings. The molecule has 0 radical (unpaired) electrons. The molecule has 0 aliphatic heterocycles. The lowest BCUT2D eigenvalue weighted by Gasteiger charge is -2.07. The Kier molecular flexibility index (Phi) is 1.96. The molecule has 72 valence electrons. The van der Waals surface area contributed by atoms with Crippen LogP contribution in [0.2, 0.25) is 0 Å². The molecule has 2 rings (SSSR count). The lowest BCUT2D eigenvalue weighted by Crippen LogP contribution is -2.07. The first-order valence-corrected chi connectivity index (χ1v) is 4.88. The molecule has 0 bridgehead atoms. The van der Waals surface area contributed by atoms with Crippen molar-refractivity contribution in [1.29, 1.82) is 5.26 Å². The van der Waals surface area contributed by atoms with E-state index >= 15 is 0 Å². The first kappa shape index (κ1) is 9.08. The molecule has 0 aromatic heterocycles. The number of nitriles is 1. The first-order valence-electron chi connectivity index (χ1n) is 4.88. The maximum absolute atomic E-state index is 8.64. The fraction of sp³-hybridized carbons (Fsp3) is 0.417. The lowest BCUT2D eigenvalue weighted by molar-refractivity contribution is 0.630. The van der Waals surface area contributed by atoms with Gasteiger partial charge in [0.2, 0.25) is 0 Å². The predicted molar refractivity (Wildman–Crippen MR) is 57.0 cm³/mol. The Hall–Kier alpha value is -1.49. The van der Waals surface area contributed by atoms with E-state index in [1.165, 1.54) is 6.42 Å². The number of anilines is 1. The summed E-state index contributed by atoms with van der Waals surface area (Å²) in [6.07, 6.45) is 1.23. The van der Waals surface area contributed by atoms with E-state index in [-0.39, 0.29) is 0 Å². The van der Waals surface area contributed by atoms with Gasteiger partial charge in [0, 0.05) is 11.7 Å². The third kappa shape index (κ3) is 1.72. The van der Waals surface area contributed by atoms with Crippen LogP contribution in [0.4, 0.5) is 5.69 Å². The SMILES string of the molecule is CC1(C)CC1Nc1ccc(C#N)cc1. The normalized spacial score (nSPS) is 22.5. The van der Waals surface area contributed by atoms with Crippen molar-refractivity contribution in [3.63, 3.8) is 0 Å². The van der Waals surface area contributed by atoms with Gasteiger partial charge in [-0.05, 0) is 36.1 Å². The van der Waals surface area contributed by atoms with Gasteiger partial charge in [0.15, 0.2) is 0 Å². The van der Waals surface area contributed by atoms with Crippen molar-refractivity contribution < 1.29 is 0 Å². The fourth-order valence-electron chi connectivity index (χ4n) is 1.56. The topological polar surface area (TPSA) is 35.8 Å². The maximum atomic E-state index is 8.64. The highest BCUT2D eigenvalue weighted by Crippen LogP contribution is 2.46. The van der Waals surface area contributed by atoms with Gasteiger partial charge in [0.25, 0.3) is 0 Å². The van der Waals surface area contributed by atoms with Gasteiger partial charge in [0.1, 0.15) is 0 Å². The Balaban J connectivity index is 2.02. The maximum Gasteiger partial charge on any atom is 0.0991 e. The van der Waals surface area contributed by atoms with Gasteiger partial charge in [0.05, 0.1) is 11.6 Å². The minimum atomic E-state index is 0.438. The summed E-state index contributed by atoms with van der Waals surface area (Å²) in [5, 5.41) is 12.1. The zero-order valence-corrected chi connectivity index (χ0v) is 8.54. The van der Waals surface area contributed by atoms with Gasteiger partial charge in [-0.1, -0.05) is 13.8 Å². The summed E-state index contributed by atoms with van der Waals surface area (Å²) in [6, 6.07) is 10.3. The molecule has 14 heavy (non-hydrogen) atoms. The smallest absolute Gasteiger partial charge is 0.0991 e. The van der Waals surface area contributed by atoms with Crippen molar-refractivity contribution in [3.8, 4) is 6.07 Å². The van der Waals surface area contributed by atoms with Crippen molar-refractivity contribution >= 4 is 5.69 Å². The van der Waals surface area contributed by atoms with Crippen LogP contribution in [0.1, 0.15) is 25.8 Å². The molecule has 1 N–H and O–H groups in total. The highest BCUT2D eigenvalue weighted by Gasteiger charge is 2.45. The van der Waals surface area contributed by atoms with Gasteiger partial charge in [-0.2, -0.15) is 5.26 Å². The Morgan fingerprint density at radius 3 is 2.36 bits per heavy atom. The number of benzene rings is 1.